The summed E-state index contributed by atoms with van der Waals surface area (Å²) in [6.07, 6.45) is 2.25. The number of pyridine rings is 1. The standard InChI is InChI=1S/C23H18Cl2FN5O5S/c1-27-23(32)31(22-6-4-14(12-28-22)37(33,34)30-21-7-8-36-29-21)19-11-18(26)15(10-20(19)35-2)13-3-5-16(24)17(25)9-13/h3-12H,1-2H3,(H,27,32)(H,29,30). The molecule has 0 atom stereocenters. The smallest absolute Gasteiger partial charge is 0.327 e. The fourth-order valence-corrected chi connectivity index (χ4v) is 4.58. The molecule has 192 valence electrons. The number of aromatic nitrogens is 2. The molecule has 4 rings (SSSR count). The zero-order chi connectivity index (χ0) is 26.7. The van der Waals surface area contributed by atoms with E-state index in [2.05, 4.69) is 24.7 Å². The van der Waals surface area contributed by atoms with Gasteiger partial charge in [-0.3, -0.25) is 4.72 Å². The van der Waals surface area contributed by atoms with Gasteiger partial charge in [-0.15, -0.1) is 0 Å². The number of methoxy groups -OCH3 is 1. The number of nitrogens with zero attached hydrogens (tertiary/aromatic N) is 3. The molecule has 0 saturated carbocycles. The van der Waals surface area contributed by atoms with Crippen molar-refractivity contribution in [2.45, 2.75) is 4.90 Å². The van der Waals surface area contributed by atoms with Gasteiger partial charge in [0.05, 0.1) is 22.8 Å². The Bertz CT molecular complexity index is 1550. The van der Waals surface area contributed by atoms with E-state index in [1.54, 1.807) is 6.07 Å². The van der Waals surface area contributed by atoms with Gasteiger partial charge in [0.1, 0.15) is 28.5 Å². The number of carbonyl (C=O) groups excluding carboxylic acids is 1. The minimum atomic E-state index is -4.04. The molecule has 0 spiro atoms. The average molecular weight is 566 g/mol. The number of rotatable bonds is 7. The Morgan fingerprint density at radius 2 is 1.89 bits per heavy atom. The molecule has 2 N–H and O–H groups in total. The second-order valence-corrected chi connectivity index (χ2v) is 9.86. The van der Waals surface area contributed by atoms with E-state index in [9.17, 15) is 13.2 Å². The summed E-state index contributed by atoms with van der Waals surface area (Å²) < 4.78 is 52.8. The van der Waals surface area contributed by atoms with Gasteiger partial charge >= 0.3 is 6.03 Å². The van der Waals surface area contributed by atoms with E-state index in [1.165, 1.54) is 56.8 Å². The van der Waals surface area contributed by atoms with Gasteiger partial charge in [-0.25, -0.2) is 27.5 Å². The molecule has 2 heterocycles. The van der Waals surface area contributed by atoms with Crippen LogP contribution in [0.3, 0.4) is 0 Å². The third kappa shape index (κ3) is 5.45. The highest BCUT2D eigenvalue weighted by atomic mass is 35.5. The molecule has 0 radical (unpaired) electrons. The lowest BCUT2D eigenvalue weighted by atomic mass is 10.0. The Labute approximate surface area is 221 Å². The highest BCUT2D eigenvalue weighted by molar-refractivity contribution is 7.92. The van der Waals surface area contributed by atoms with Crippen LogP contribution >= 0.6 is 23.2 Å². The van der Waals surface area contributed by atoms with Crippen molar-refractivity contribution in [1.29, 1.82) is 0 Å². The first-order valence-corrected chi connectivity index (χ1v) is 12.6. The van der Waals surface area contributed by atoms with Gasteiger partial charge in [-0.1, -0.05) is 34.4 Å². The molecule has 4 aromatic rings. The summed E-state index contributed by atoms with van der Waals surface area (Å²) in [5.74, 6) is -0.561. The van der Waals surface area contributed by atoms with Crippen molar-refractivity contribution in [3.63, 3.8) is 0 Å². The number of nitrogens with one attached hydrogen (secondary N) is 2. The molecule has 37 heavy (non-hydrogen) atoms. The number of amides is 2. The van der Waals surface area contributed by atoms with Crippen LogP contribution in [0, 0.1) is 5.82 Å². The van der Waals surface area contributed by atoms with Gasteiger partial charge in [0.25, 0.3) is 10.0 Å². The number of hydrogen-bond donors (Lipinski definition) is 2. The summed E-state index contributed by atoms with van der Waals surface area (Å²) >= 11 is 12.1. The Morgan fingerprint density at radius 1 is 1.11 bits per heavy atom. The quantitative estimate of drug-likeness (QED) is 0.304. The molecular weight excluding hydrogens is 548 g/mol. The molecule has 0 bridgehead atoms. The number of halogens is 3. The highest BCUT2D eigenvalue weighted by Gasteiger charge is 2.26. The van der Waals surface area contributed by atoms with Crippen molar-refractivity contribution in [2.24, 2.45) is 0 Å². The van der Waals surface area contributed by atoms with Gasteiger partial charge in [-0.2, -0.15) is 0 Å². The molecule has 0 aliphatic heterocycles. The van der Waals surface area contributed by atoms with Crippen LogP contribution in [0.1, 0.15) is 0 Å². The van der Waals surface area contributed by atoms with E-state index in [4.69, 9.17) is 27.9 Å². The monoisotopic (exact) mass is 565 g/mol. The number of carbonyl (C=O) groups is 1. The van der Waals surface area contributed by atoms with Crippen molar-refractivity contribution >= 4 is 56.6 Å². The molecule has 0 unspecified atom stereocenters. The van der Waals surface area contributed by atoms with E-state index in [-0.39, 0.29) is 38.6 Å². The maximum atomic E-state index is 15.3. The number of anilines is 3. The fraction of sp³-hybridized carbons (Fsp3) is 0.0870. The summed E-state index contributed by atoms with van der Waals surface area (Å²) in [4.78, 5) is 17.8. The summed E-state index contributed by atoms with van der Waals surface area (Å²) in [7, 11) is -1.30. The minimum absolute atomic E-state index is 0.000256. The molecule has 2 aromatic carbocycles. The van der Waals surface area contributed by atoms with Gasteiger partial charge in [0.15, 0.2) is 5.82 Å². The lowest BCUT2D eigenvalue weighted by Crippen LogP contribution is -2.35. The lowest BCUT2D eigenvalue weighted by Gasteiger charge is -2.24. The van der Waals surface area contributed by atoms with Crippen LogP contribution < -0.4 is 19.7 Å². The maximum Gasteiger partial charge on any atom is 0.327 e. The van der Waals surface area contributed by atoms with Gasteiger partial charge < -0.3 is 14.6 Å². The van der Waals surface area contributed by atoms with Crippen molar-refractivity contribution < 1.29 is 26.9 Å². The third-order valence-corrected chi connectivity index (χ3v) is 7.17. The molecule has 2 amide bonds. The number of hydrogen-bond acceptors (Lipinski definition) is 7. The largest absolute Gasteiger partial charge is 0.495 e. The van der Waals surface area contributed by atoms with Crippen LogP contribution in [0.2, 0.25) is 10.0 Å². The second kappa shape index (κ2) is 10.6. The molecule has 2 aromatic heterocycles. The van der Waals surface area contributed by atoms with E-state index in [0.29, 0.717) is 10.6 Å². The van der Waals surface area contributed by atoms with Crippen molar-refractivity contribution in [3.05, 3.63) is 76.9 Å². The Morgan fingerprint density at radius 3 is 2.49 bits per heavy atom. The summed E-state index contributed by atoms with van der Waals surface area (Å²) in [5, 5.41) is 6.51. The van der Waals surface area contributed by atoms with Crippen LogP contribution in [-0.4, -0.2) is 38.7 Å². The predicted octanol–water partition coefficient (Wildman–Crippen LogP) is 5.47. The Balaban J connectivity index is 1.75. The number of ether oxygens (including phenoxy) is 1. The van der Waals surface area contributed by atoms with Crippen LogP contribution in [0.5, 0.6) is 5.75 Å². The zero-order valence-corrected chi connectivity index (χ0v) is 21.5. The summed E-state index contributed by atoms with van der Waals surface area (Å²) in [6.45, 7) is 0. The number of sulfonamides is 1. The topological polar surface area (TPSA) is 127 Å². The molecule has 10 nitrogen and oxygen atoms in total. The normalized spacial score (nSPS) is 11.2. The van der Waals surface area contributed by atoms with E-state index in [0.717, 1.165) is 17.2 Å². The third-order valence-electron chi connectivity index (χ3n) is 5.09. The summed E-state index contributed by atoms with van der Waals surface area (Å²) in [6, 6.07) is 10.3. The first-order chi connectivity index (χ1) is 17.6. The first kappa shape index (κ1) is 26.2. The second-order valence-electron chi connectivity index (χ2n) is 7.37. The zero-order valence-electron chi connectivity index (χ0n) is 19.2. The van der Waals surface area contributed by atoms with Gasteiger partial charge in [-0.05, 0) is 35.9 Å². The minimum Gasteiger partial charge on any atom is -0.495 e. The Kier molecular flexibility index (Phi) is 7.52. The molecule has 0 saturated heterocycles. The van der Waals surface area contributed by atoms with Crippen LogP contribution in [0.4, 0.5) is 26.5 Å². The molecule has 0 fully saturated rings. The number of urea groups is 1. The van der Waals surface area contributed by atoms with E-state index >= 15 is 4.39 Å². The molecule has 0 aliphatic carbocycles. The SMILES string of the molecule is CNC(=O)N(c1ccc(S(=O)(=O)Nc2ccon2)cn1)c1cc(F)c(-c2ccc(Cl)c(Cl)c2)cc1OC. The summed E-state index contributed by atoms with van der Waals surface area (Å²) in [5.41, 5.74) is 0.617. The van der Waals surface area contributed by atoms with Crippen LogP contribution in [0.15, 0.2) is 70.4 Å². The van der Waals surface area contributed by atoms with Crippen molar-refractivity contribution in [3.8, 4) is 16.9 Å². The van der Waals surface area contributed by atoms with E-state index in [1.807, 2.05) is 0 Å². The van der Waals surface area contributed by atoms with Crippen molar-refractivity contribution in [2.75, 3.05) is 23.8 Å². The van der Waals surface area contributed by atoms with Gasteiger partial charge in [0.2, 0.25) is 0 Å². The van der Waals surface area contributed by atoms with Crippen molar-refractivity contribution in [1.82, 2.24) is 15.5 Å². The van der Waals surface area contributed by atoms with Crippen LogP contribution in [-0.2, 0) is 10.0 Å². The maximum absolute atomic E-state index is 15.3. The lowest BCUT2D eigenvalue weighted by molar-refractivity contribution is 0.250. The Hall–Kier alpha value is -3.87. The molecule has 0 aliphatic rings. The van der Waals surface area contributed by atoms with Gasteiger partial charge in [0, 0.05) is 30.9 Å². The highest BCUT2D eigenvalue weighted by Crippen LogP contribution is 2.39. The van der Waals surface area contributed by atoms with E-state index < -0.39 is 21.9 Å². The fourth-order valence-electron chi connectivity index (χ4n) is 3.34. The molecular formula is C23H18Cl2FN5O5S. The first-order valence-electron chi connectivity index (χ1n) is 10.4. The average Bonchev–Trinajstić information content (AvgIpc) is 3.38. The number of benzene rings is 2. The van der Waals surface area contributed by atoms with Crippen LogP contribution in [0.25, 0.3) is 11.1 Å². The molecule has 14 heteroatoms. The predicted molar refractivity (Wildman–Crippen MR) is 137 cm³/mol.